The van der Waals surface area contributed by atoms with Gasteiger partial charge in [-0.05, 0) is 15.9 Å². The number of rotatable bonds is 6. The third-order valence-corrected chi connectivity index (χ3v) is 4.29. The average Bonchev–Trinajstić information content (AvgIpc) is 2.90. The van der Waals surface area contributed by atoms with Gasteiger partial charge in [-0.1, -0.05) is 0 Å². The number of amides is 1. The maximum absolute atomic E-state index is 13.8. The quantitative estimate of drug-likeness (QED) is 0.299. The second-order valence-corrected chi connectivity index (χ2v) is 5.85. The highest BCUT2D eigenvalue weighted by Gasteiger charge is 2.36. The summed E-state index contributed by atoms with van der Waals surface area (Å²) in [6.07, 6.45) is 0. The highest BCUT2D eigenvalue weighted by atomic mass is 79.9. The summed E-state index contributed by atoms with van der Waals surface area (Å²) in [5.74, 6) is -4.51. The molecule has 1 aliphatic heterocycles. The Hall–Kier alpha value is -2.60. The van der Waals surface area contributed by atoms with Crippen molar-refractivity contribution in [2.45, 2.75) is 0 Å². The number of carbonyl (C=O) groups is 2. The van der Waals surface area contributed by atoms with Gasteiger partial charge in [-0.2, -0.15) is 0 Å². The first-order valence-electron chi connectivity index (χ1n) is 7.03. The molecule has 1 heterocycles. The van der Waals surface area contributed by atoms with Crippen LogP contribution in [0.5, 0.6) is 0 Å². The first-order chi connectivity index (χ1) is 12.2. The molecule has 1 amide bonds. The Morgan fingerprint density at radius 3 is 2.73 bits per heavy atom. The Morgan fingerprint density at radius 1 is 1.54 bits per heavy atom. The number of benzene rings is 1. The monoisotopic (exact) mass is 435 g/mol. The predicted octanol–water partition coefficient (Wildman–Crippen LogP) is 1.31. The summed E-state index contributed by atoms with van der Waals surface area (Å²) in [4.78, 5) is 35.6. The van der Waals surface area contributed by atoms with Crippen molar-refractivity contribution in [3.63, 3.8) is 0 Å². The molecular formula is C14H12BrF2N3O6. The third-order valence-electron chi connectivity index (χ3n) is 3.54. The molecule has 0 saturated heterocycles. The van der Waals surface area contributed by atoms with Crippen LogP contribution in [0.2, 0.25) is 0 Å². The van der Waals surface area contributed by atoms with Gasteiger partial charge in [0.2, 0.25) is 0 Å². The number of anilines is 1. The van der Waals surface area contributed by atoms with Gasteiger partial charge in [-0.3, -0.25) is 14.9 Å². The van der Waals surface area contributed by atoms with Gasteiger partial charge in [-0.15, -0.1) is 0 Å². The highest BCUT2D eigenvalue weighted by Crippen LogP contribution is 2.38. The highest BCUT2D eigenvalue weighted by molar-refractivity contribution is 9.10. The SMILES string of the molecule is COC(=O)C1=C(Nc2c([N+](=O)[O-])cc(F)c(F)c2Br)C(=O)N(CCO)C1. The van der Waals surface area contributed by atoms with Crippen LogP contribution in [0.3, 0.4) is 0 Å². The van der Waals surface area contributed by atoms with E-state index in [4.69, 9.17) is 5.11 Å². The summed E-state index contributed by atoms with van der Waals surface area (Å²) in [6.45, 7) is -0.711. The molecule has 0 bridgehead atoms. The van der Waals surface area contributed by atoms with Gasteiger partial charge >= 0.3 is 5.97 Å². The van der Waals surface area contributed by atoms with Gasteiger partial charge < -0.3 is 20.1 Å². The summed E-state index contributed by atoms with van der Waals surface area (Å²) in [6, 6.07) is 0.353. The fourth-order valence-electron chi connectivity index (χ4n) is 2.32. The van der Waals surface area contributed by atoms with Gasteiger partial charge in [0.1, 0.15) is 11.4 Å². The molecule has 1 aromatic rings. The van der Waals surface area contributed by atoms with Crippen molar-refractivity contribution in [1.82, 2.24) is 4.90 Å². The van der Waals surface area contributed by atoms with Gasteiger partial charge in [0.15, 0.2) is 11.6 Å². The van der Waals surface area contributed by atoms with E-state index in [1.165, 1.54) is 0 Å². The molecule has 12 heteroatoms. The standard InChI is InChI=1S/C14H12BrF2N3O6/c1-26-14(23)6-5-19(2-3-21)13(22)11(6)18-12-8(20(24)25)4-7(16)10(17)9(12)15/h4,18,21H,2-3,5H2,1H3. The topological polar surface area (TPSA) is 122 Å². The van der Waals surface area contributed by atoms with Crippen LogP contribution in [0, 0.1) is 21.7 Å². The molecule has 0 aliphatic carbocycles. The number of hydrogen-bond acceptors (Lipinski definition) is 7. The van der Waals surface area contributed by atoms with E-state index >= 15 is 0 Å². The molecule has 26 heavy (non-hydrogen) atoms. The summed E-state index contributed by atoms with van der Waals surface area (Å²) in [5.41, 5.74) is -1.94. The lowest BCUT2D eigenvalue weighted by molar-refractivity contribution is -0.384. The van der Waals surface area contributed by atoms with E-state index in [-0.39, 0.29) is 31.0 Å². The fraction of sp³-hybridized carbons (Fsp3) is 0.286. The van der Waals surface area contributed by atoms with Crippen LogP contribution in [0.1, 0.15) is 0 Å². The largest absolute Gasteiger partial charge is 0.466 e. The van der Waals surface area contributed by atoms with E-state index in [1.807, 2.05) is 0 Å². The van der Waals surface area contributed by atoms with Gasteiger partial charge in [0, 0.05) is 6.54 Å². The minimum atomic E-state index is -1.46. The molecule has 0 atom stereocenters. The van der Waals surface area contributed by atoms with Crippen molar-refractivity contribution >= 4 is 39.2 Å². The minimum absolute atomic E-state index is 0.106. The second-order valence-electron chi connectivity index (χ2n) is 5.06. The molecule has 2 N–H and O–H groups in total. The number of aliphatic hydroxyl groups is 1. The summed E-state index contributed by atoms with van der Waals surface area (Å²) >= 11 is 2.71. The van der Waals surface area contributed by atoms with Crippen LogP contribution < -0.4 is 5.32 Å². The van der Waals surface area contributed by atoms with E-state index in [9.17, 15) is 28.5 Å². The van der Waals surface area contributed by atoms with E-state index in [2.05, 4.69) is 26.0 Å². The zero-order valence-electron chi connectivity index (χ0n) is 13.2. The Kier molecular flexibility index (Phi) is 5.87. The maximum atomic E-state index is 13.8. The number of halogens is 3. The predicted molar refractivity (Wildman–Crippen MR) is 87.0 cm³/mol. The summed E-state index contributed by atoms with van der Waals surface area (Å²) in [7, 11) is 1.07. The number of methoxy groups -OCH3 is 1. The molecule has 9 nitrogen and oxygen atoms in total. The van der Waals surface area contributed by atoms with Crippen LogP contribution in [-0.2, 0) is 14.3 Å². The number of esters is 1. The molecule has 0 fully saturated rings. The number of hydrogen-bond donors (Lipinski definition) is 2. The lowest BCUT2D eigenvalue weighted by atomic mass is 10.2. The molecule has 2 rings (SSSR count). The van der Waals surface area contributed by atoms with Crippen molar-refractivity contribution < 1.29 is 33.1 Å². The number of nitro groups is 1. The van der Waals surface area contributed by atoms with Gasteiger partial charge in [0.05, 0.1) is 41.3 Å². The first kappa shape index (κ1) is 19.7. The normalized spacial score (nSPS) is 14.0. The molecule has 1 aliphatic rings. The number of β-amino-alcohol motifs (C(OH)–C–C–N with tert-alkyl or cyclic N) is 1. The van der Waals surface area contributed by atoms with Crippen molar-refractivity contribution in [3.8, 4) is 0 Å². The number of nitrogens with one attached hydrogen (secondary N) is 1. The van der Waals surface area contributed by atoms with E-state index in [0.717, 1.165) is 12.0 Å². The summed E-state index contributed by atoms with van der Waals surface area (Å²) in [5, 5.41) is 22.5. The van der Waals surface area contributed by atoms with Crippen LogP contribution >= 0.6 is 15.9 Å². The van der Waals surface area contributed by atoms with E-state index < -0.39 is 44.3 Å². The van der Waals surface area contributed by atoms with Gasteiger partial charge in [0.25, 0.3) is 11.6 Å². The molecule has 0 aromatic heterocycles. The number of nitro benzene ring substituents is 1. The molecule has 0 unspecified atom stereocenters. The third kappa shape index (κ3) is 3.51. The van der Waals surface area contributed by atoms with Crippen LogP contribution in [0.25, 0.3) is 0 Å². The molecule has 0 radical (unpaired) electrons. The smallest absolute Gasteiger partial charge is 0.337 e. The molecule has 0 spiro atoms. The molecular weight excluding hydrogens is 424 g/mol. The van der Waals surface area contributed by atoms with Gasteiger partial charge in [-0.25, -0.2) is 13.6 Å². The van der Waals surface area contributed by atoms with Crippen LogP contribution in [0.15, 0.2) is 21.8 Å². The lowest BCUT2D eigenvalue weighted by Gasteiger charge is -2.15. The van der Waals surface area contributed by atoms with E-state index in [1.54, 1.807) is 0 Å². The fourth-order valence-corrected chi connectivity index (χ4v) is 2.81. The number of aliphatic hydroxyl groups excluding tert-OH is 1. The molecule has 0 saturated carbocycles. The van der Waals surface area contributed by atoms with E-state index in [0.29, 0.717) is 6.07 Å². The Bertz CT molecular complexity index is 829. The number of ether oxygens (including phenoxy) is 1. The number of nitrogens with zero attached hydrogens (tertiary/aromatic N) is 2. The van der Waals surface area contributed by atoms with Crippen molar-refractivity contribution in [2.75, 3.05) is 32.1 Å². The summed E-state index contributed by atoms with van der Waals surface area (Å²) < 4.78 is 31.2. The van der Waals surface area contributed by atoms with Crippen molar-refractivity contribution in [2.24, 2.45) is 0 Å². The zero-order chi connectivity index (χ0) is 19.6. The maximum Gasteiger partial charge on any atom is 0.337 e. The lowest BCUT2D eigenvalue weighted by Crippen LogP contribution is -2.31. The molecule has 1 aromatic carbocycles. The zero-order valence-corrected chi connectivity index (χ0v) is 14.8. The van der Waals surface area contributed by atoms with Crippen molar-refractivity contribution in [1.29, 1.82) is 0 Å². The Balaban J connectivity index is 2.57. The Labute approximate surface area is 153 Å². The van der Waals surface area contributed by atoms with Crippen molar-refractivity contribution in [3.05, 3.63) is 43.6 Å². The van der Waals surface area contributed by atoms with Crippen LogP contribution in [-0.4, -0.2) is 53.6 Å². The van der Waals surface area contributed by atoms with Crippen LogP contribution in [0.4, 0.5) is 20.2 Å². The minimum Gasteiger partial charge on any atom is -0.466 e. The Morgan fingerprint density at radius 2 is 2.19 bits per heavy atom. The number of carbonyl (C=O) groups excluding carboxylic acids is 2. The first-order valence-corrected chi connectivity index (χ1v) is 7.82. The second kappa shape index (κ2) is 7.74. The average molecular weight is 436 g/mol. The molecule has 140 valence electrons.